The third kappa shape index (κ3) is 5.22. The van der Waals surface area contributed by atoms with E-state index in [0.717, 1.165) is 32.1 Å². The summed E-state index contributed by atoms with van der Waals surface area (Å²) in [5.41, 5.74) is 3.85. The minimum Gasteiger partial charge on any atom is -0.382 e. The Bertz CT molecular complexity index is 313. The second kappa shape index (κ2) is 7.33. The molecule has 0 spiro atoms. The van der Waals surface area contributed by atoms with Gasteiger partial charge in [-0.25, -0.2) is 0 Å². The number of rotatable bonds is 7. The zero-order valence-corrected chi connectivity index (χ0v) is 11.5. The predicted molar refractivity (Wildman–Crippen MR) is 74.7 cm³/mol. The van der Waals surface area contributed by atoms with Crippen molar-refractivity contribution in [2.75, 3.05) is 25.1 Å². The Balaban J connectivity index is 2.22. The molecule has 0 atom stereocenters. The van der Waals surface area contributed by atoms with Gasteiger partial charge < -0.3 is 10.1 Å². The standard InChI is InChI=1S/C15H25NO/c1-12(2)8-10-17-11-9-16-15-13(3)6-5-7-14(15)4/h5-7,12,16H,8-11H2,1-4H3. The first kappa shape index (κ1) is 14.0. The monoisotopic (exact) mass is 235 g/mol. The molecule has 2 nitrogen and oxygen atoms in total. The lowest BCUT2D eigenvalue weighted by Crippen LogP contribution is -2.12. The molecule has 17 heavy (non-hydrogen) atoms. The maximum Gasteiger partial charge on any atom is 0.0639 e. The molecule has 0 aromatic heterocycles. The molecular formula is C15H25NO. The van der Waals surface area contributed by atoms with Crippen LogP contribution in [0.4, 0.5) is 5.69 Å². The molecule has 0 saturated heterocycles. The van der Waals surface area contributed by atoms with Crippen molar-refractivity contribution in [3.05, 3.63) is 29.3 Å². The van der Waals surface area contributed by atoms with E-state index in [9.17, 15) is 0 Å². The highest BCUT2D eigenvalue weighted by Gasteiger charge is 2.00. The van der Waals surface area contributed by atoms with Gasteiger partial charge in [0.15, 0.2) is 0 Å². The van der Waals surface area contributed by atoms with E-state index >= 15 is 0 Å². The molecule has 0 aliphatic heterocycles. The fraction of sp³-hybridized carbons (Fsp3) is 0.600. The van der Waals surface area contributed by atoms with Crippen molar-refractivity contribution >= 4 is 5.69 Å². The van der Waals surface area contributed by atoms with E-state index in [4.69, 9.17) is 4.74 Å². The molecule has 0 aliphatic rings. The Morgan fingerprint density at radius 2 is 1.76 bits per heavy atom. The average Bonchev–Trinajstić information content (AvgIpc) is 2.26. The second-order valence-electron chi connectivity index (χ2n) is 4.99. The Hall–Kier alpha value is -1.02. The van der Waals surface area contributed by atoms with Gasteiger partial charge in [0.2, 0.25) is 0 Å². The molecule has 0 fully saturated rings. The Labute approximate surface area is 105 Å². The van der Waals surface area contributed by atoms with Crippen LogP contribution in [0.1, 0.15) is 31.4 Å². The normalized spacial score (nSPS) is 10.9. The number of benzene rings is 1. The van der Waals surface area contributed by atoms with Gasteiger partial charge in [-0.2, -0.15) is 0 Å². The van der Waals surface area contributed by atoms with E-state index < -0.39 is 0 Å². The number of aryl methyl sites for hydroxylation is 2. The van der Waals surface area contributed by atoms with Gasteiger partial charge in [-0.1, -0.05) is 32.0 Å². The molecule has 1 N–H and O–H groups in total. The molecule has 0 aliphatic carbocycles. The third-order valence-corrected chi connectivity index (χ3v) is 2.87. The van der Waals surface area contributed by atoms with Crippen LogP contribution in [-0.2, 0) is 4.74 Å². The SMILES string of the molecule is Cc1cccc(C)c1NCCOCCC(C)C. The molecule has 1 rings (SSSR count). The van der Waals surface area contributed by atoms with E-state index in [1.807, 2.05) is 0 Å². The topological polar surface area (TPSA) is 21.3 Å². The van der Waals surface area contributed by atoms with Crippen molar-refractivity contribution in [2.24, 2.45) is 5.92 Å². The smallest absolute Gasteiger partial charge is 0.0639 e. The number of hydrogen-bond acceptors (Lipinski definition) is 2. The van der Waals surface area contributed by atoms with Gasteiger partial charge in [0, 0.05) is 18.8 Å². The molecule has 0 heterocycles. The Kier molecular flexibility index (Phi) is 6.06. The van der Waals surface area contributed by atoms with Crippen LogP contribution in [0.2, 0.25) is 0 Å². The van der Waals surface area contributed by atoms with Gasteiger partial charge in [-0.3, -0.25) is 0 Å². The lowest BCUT2D eigenvalue weighted by molar-refractivity contribution is 0.132. The molecule has 0 bridgehead atoms. The summed E-state index contributed by atoms with van der Waals surface area (Å²) in [6.45, 7) is 11.2. The van der Waals surface area contributed by atoms with Gasteiger partial charge in [0.25, 0.3) is 0 Å². The number of anilines is 1. The van der Waals surface area contributed by atoms with Crippen LogP contribution in [-0.4, -0.2) is 19.8 Å². The molecule has 0 saturated carbocycles. The van der Waals surface area contributed by atoms with Crippen LogP contribution in [0.25, 0.3) is 0 Å². The van der Waals surface area contributed by atoms with Crippen molar-refractivity contribution in [3.8, 4) is 0 Å². The lowest BCUT2D eigenvalue weighted by Gasteiger charge is -2.13. The first-order valence-electron chi connectivity index (χ1n) is 6.49. The summed E-state index contributed by atoms with van der Waals surface area (Å²) in [5.74, 6) is 0.724. The summed E-state index contributed by atoms with van der Waals surface area (Å²) in [6.07, 6.45) is 1.14. The zero-order valence-electron chi connectivity index (χ0n) is 11.5. The van der Waals surface area contributed by atoms with Crippen molar-refractivity contribution in [1.82, 2.24) is 0 Å². The minimum absolute atomic E-state index is 0.724. The van der Waals surface area contributed by atoms with Crippen LogP contribution in [0.3, 0.4) is 0 Å². The van der Waals surface area contributed by atoms with Crippen molar-refractivity contribution in [2.45, 2.75) is 34.1 Å². The van der Waals surface area contributed by atoms with E-state index in [1.165, 1.54) is 16.8 Å². The molecule has 1 aromatic carbocycles. The molecule has 1 aromatic rings. The highest BCUT2D eigenvalue weighted by Crippen LogP contribution is 2.18. The summed E-state index contributed by atoms with van der Waals surface area (Å²) >= 11 is 0. The number of para-hydroxylation sites is 1. The molecular weight excluding hydrogens is 210 g/mol. The van der Waals surface area contributed by atoms with Gasteiger partial charge in [0.1, 0.15) is 0 Å². The summed E-state index contributed by atoms with van der Waals surface area (Å²) in [6, 6.07) is 6.36. The summed E-state index contributed by atoms with van der Waals surface area (Å²) in [4.78, 5) is 0. The first-order chi connectivity index (χ1) is 8.11. The van der Waals surface area contributed by atoms with Gasteiger partial charge in [0.05, 0.1) is 6.61 Å². The summed E-state index contributed by atoms with van der Waals surface area (Å²) in [5, 5.41) is 3.44. The number of nitrogens with one attached hydrogen (secondary N) is 1. The van der Waals surface area contributed by atoms with Crippen LogP contribution in [0.5, 0.6) is 0 Å². The maximum atomic E-state index is 5.58. The average molecular weight is 235 g/mol. The highest BCUT2D eigenvalue weighted by molar-refractivity contribution is 5.56. The van der Waals surface area contributed by atoms with Crippen molar-refractivity contribution in [3.63, 3.8) is 0 Å². The van der Waals surface area contributed by atoms with Gasteiger partial charge in [-0.15, -0.1) is 0 Å². The Morgan fingerprint density at radius 3 is 2.35 bits per heavy atom. The maximum absolute atomic E-state index is 5.58. The molecule has 0 amide bonds. The van der Waals surface area contributed by atoms with Crippen LogP contribution < -0.4 is 5.32 Å². The fourth-order valence-electron chi connectivity index (χ4n) is 1.76. The van der Waals surface area contributed by atoms with Crippen LogP contribution in [0.15, 0.2) is 18.2 Å². The van der Waals surface area contributed by atoms with E-state index in [0.29, 0.717) is 0 Å². The minimum atomic E-state index is 0.724. The summed E-state index contributed by atoms with van der Waals surface area (Å²) < 4.78 is 5.58. The molecule has 0 radical (unpaired) electrons. The lowest BCUT2D eigenvalue weighted by atomic mass is 10.1. The Morgan fingerprint density at radius 1 is 1.12 bits per heavy atom. The van der Waals surface area contributed by atoms with E-state index in [2.05, 4.69) is 51.2 Å². The van der Waals surface area contributed by atoms with Crippen LogP contribution in [0, 0.1) is 19.8 Å². The van der Waals surface area contributed by atoms with Crippen LogP contribution >= 0.6 is 0 Å². The molecule has 0 unspecified atom stereocenters. The molecule has 2 heteroatoms. The highest BCUT2D eigenvalue weighted by atomic mass is 16.5. The predicted octanol–water partition coefficient (Wildman–Crippen LogP) is 3.78. The van der Waals surface area contributed by atoms with E-state index in [-0.39, 0.29) is 0 Å². The van der Waals surface area contributed by atoms with Gasteiger partial charge in [-0.05, 0) is 37.3 Å². The van der Waals surface area contributed by atoms with E-state index in [1.54, 1.807) is 0 Å². The van der Waals surface area contributed by atoms with Crippen molar-refractivity contribution in [1.29, 1.82) is 0 Å². The largest absolute Gasteiger partial charge is 0.382 e. The number of hydrogen-bond donors (Lipinski definition) is 1. The number of ether oxygens (including phenoxy) is 1. The zero-order chi connectivity index (χ0) is 12.7. The quantitative estimate of drug-likeness (QED) is 0.726. The van der Waals surface area contributed by atoms with Gasteiger partial charge >= 0.3 is 0 Å². The second-order valence-corrected chi connectivity index (χ2v) is 4.99. The molecule has 96 valence electrons. The first-order valence-corrected chi connectivity index (χ1v) is 6.49. The third-order valence-electron chi connectivity index (χ3n) is 2.87. The van der Waals surface area contributed by atoms with Crippen molar-refractivity contribution < 1.29 is 4.74 Å². The fourth-order valence-corrected chi connectivity index (χ4v) is 1.76. The summed E-state index contributed by atoms with van der Waals surface area (Å²) in [7, 11) is 0.